The quantitative estimate of drug-likeness (QED) is 0.599. The zero-order valence-electron chi connectivity index (χ0n) is 8.32. The van der Waals surface area contributed by atoms with E-state index in [0.29, 0.717) is 0 Å². The third-order valence-electron chi connectivity index (χ3n) is 1.65. The first-order valence-corrected chi connectivity index (χ1v) is 4.49. The molecule has 0 aliphatic carbocycles. The molecule has 0 spiro atoms. The fraction of sp³-hybridized carbons (Fsp3) is 0.455. The van der Waals surface area contributed by atoms with Crippen LogP contribution in [0.15, 0.2) is 18.2 Å². The van der Waals surface area contributed by atoms with Crippen molar-refractivity contribution in [3.63, 3.8) is 0 Å². The minimum absolute atomic E-state index is 0.0509. The molecule has 12 heavy (non-hydrogen) atoms. The molecule has 0 aliphatic rings. The smallest absolute Gasteiger partial charge is 0.129 e. The lowest BCUT2D eigenvalue weighted by Gasteiger charge is -2.00. The Morgan fingerprint density at radius 3 is 2.25 bits per heavy atom. The van der Waals surface area contributed by atoms with Crippen LogP contribution in [-0.2, 0) is 6.42 Å². The van der Waals surface area contributed by atoms with Crippen molar-refractivity contribution in [2.75, 3.05) is 0 Å². The molecule has 0 heterocycles. The zero-order chi connectivity index (χ0) is 9.56. The number of halogens is 1. The van der Waals surface area contributed by atoms with Crippen LogP contribution < -0.4 is 0 Å². The minimum atomic E-state index is -0.0509. The molecule has 0 bridgehead atoms. The van der Waals surface area contributed by atoms with Crippen molar-refractivity contribution < 1.29 is 4.39 Å². The van der Waals surface area contributed by atoms with E-state index in [0.717, 1.165) is 17.5 Å². The summed E-state index contributed by atoms with van der Waals surface area (Å²) < 4.78 is 13.0. The second kappa shape index (κ2) is 5.76. The van der Waals surface area contributed by atoms with Crippen molar-refractivity contribution in [2.24, 2.45) is 0 Å². The van der Waals surface area contributed by atoms with Crippen LogP contribution in [0.1, 0.15) is 31.9 Å². The zero-order valence-corrected chi connectivity index (χ0v) is 8.32. The van der Waals surface area contributed by atoms with E-state index in [1.54, 1.807) is 13.0 Å². The van der Waals surface area contributed by atoms with Crippen molar-refractivity contribution >= 4 is 0 Å². The highest BCUT2D eigenvalue weighted by molar-refractivity contribution is 5.24. The van der Waals surface area contributed by atoms with E-state index in [1.807, 2.05) is 32.9 Å². The molecule has 0 amide bonds. The predicted molar refractivity (Wildman–Crippen MR) is 51.9 cm³/mol. The number of hydrogen-bond acceptors (Lipinski definition) is 0. The normalized spacial score (nSPS) is 8.75. The van der Waals surface area contributed by atoms with E-state index < -0.39 is 0 Å². The lowest BCUT2D eigenvalue weighted by Crippen LogP contribution is -1.89. The van der Waals surface area contributed by atoms with Crippen LogP contribution in [0.5, 0.6) is 0 Å². The number of aryl methyl sites for hydroxylation is 2. The molecule has 0 nitrogen and oxygen atoms in total. The van der Waals surface area contributed by atoms with Crippen molar-refractivity contribution in [1.29, 1.82) is 0 Å². The van der Waals surface area contributed by atoms with Gasteiger partial charge < -0.3 is 0 Å². The maximum atomic E-state index is 13.0. The van der Waals surface area contributed by atoms with E-state index in [4.69, 9.17) is 0 Å². The Morgan fingerprint density at radius 2 is 1.83 bits per heavy atom. The highest BCUT2D eigenvalue weighted by atomic mass is 19.1. The largest absolute Gasteiger partial charge is 0.206 e. The van der Waals surface area contributed by atoms with E-state index in [1.165, 1.54) is 0 Å². The topological polar surface area (TPSA) is 0 Å². The van der Waals surface area contributed by atoms with Gasteiger partial charge in [-0.05, 0) is 24.5 Å². The average Bonchev–Trinajstić information content (AvgIpc) is 2.13. The van der Waals surface area contributed by atoms with Gasteiger partial charge in [-0.3, -0.25) is 0 Å². The Morgan fingerprint density at radius 1 is 1.25 bits per heavy atom. The maximum Gasteiger partial charge on any atom is 0.129 e. The van der Waals surface area contributed by atoms with Gasteiger partial charge in [-0.15, -0.1) is 0 Å². The minimum Gasteiger partial charge on any atom is -0.206 e. The third-order valence-corrected chi connectivity index (χ3v) is 1.65. The van der Waals surface area contributed by atoms with E-state index >= 15 is 0 Å². The molecule has 1 heteroatoms. The van der Waals surface area contributed by atoms with Crippen LogP contribution in [-0.4, -0.2) is 0 Å². The molecule has 0 radical (unpaired) electrons. The SMILES string of the molecule is CC.CCc1cccc(C)c1F. The van der Waals surface area contributed by atoms with Gasteiger partial charge in [0, 0.05) is 0 Å². The summed E-state index contributed by atoms with van der Waals surface area (Å²) in [6.07, 6.45) is 0.771. The second-order valence-corrected chi connectivity index (χ2v) is 2.40. The average molecular weight is 168 g/mol. The molecular formula is C11H17F. The molecule has 0 unspecified atom stereocenters. The van der Waals surface area contributed by atoms with Gasteiger partial charge >= 0.3 is 0 Å². The van der Waals surface area contributed by atoms with Crippen molar-refractivity contribution in [1.82, 2.24) is 0 Å². The Kier molecular flexibility index (Phi) is 5.35. The second-order valence-electron chi connectivity index (χ2n) is 2.40. The molecule has 0 N–H and O–H groups in total. The fourth-order valence-electron chi connectivity index (χ4n) is 0.981. The molecule has 0 aliphatic heterocycles. The van der Waals surface area contributed by atoms with Gasteiger partial charge in [0.25, 0.3) is 0 Å². The highest BCUT2D eigenvalue weighted by Crippen LogP contribution is 2.11. The van der Waals surface area contributed by atoms with Gasteiger partial charge in [0.1, 0.15) is 5.82 Å². The number of hydrogen-bond donors (Lipinski definition) is 0. The monoisotopic (exact) mass is 168 g/mol. The Bertz CT molecular complexity index is 228. The predicted octanol–water partition coefficient (Wildman–Crippen LogP) is 3.72. The molecule has 0 fully saturated rings. The fourth-order valence-corrected chi connectivity index (χ4v) is 0.981. The number of benzene rings is 1. The van der Waals surface area contributed by atoms with Crippen LogP contribution >= 0.6 is 0 Å². The lowest BCUT2D eigenvalue weighted by molar-refractivity contribution is 0.603. The first kappa shape index (κ1) is 11.2. The van der Waals surface area contributed by atoms with Crippen LogP contribution in [0.25, 0.3) is 0 Å². The molecule has 0 saturated heterocycles. The summed E-state index contributed by atoms with van der Waals surface area (Å²) >= 11 is 0. The Hall–Kier alpha value is -0.850. The Balaban J connectivity index is 0.000000561. The Labute approximate surface area is 74.4 Å². The van der Waals surface area contributed by atoms with Crippen LogP contribution in [0.4, 0.5) is 4.39 Å². The third kappa shape index (κ3) is 2.65. The summed E-state index contributed by atoms with van der Waals surface area (Å²) in [5.74, 6) is -0.0509. The van der Waals surface area contributed by atoms with Crippen LogP contribution in [0.2, 0.25) is 0 Å². The first-order chi connectivity index (χ1) is 5.75. The summed E-state index contributed by atoms with van der Waals surface area (Å²) in [5, 5.41) is 0. The summed E-state index contributed by atoms with van der Waals surface area (Å²) in [5.41, 5.74) is 1.54. The standard InChI is InChI=1S/C9H11F.C2H6/c1-3-8-6-4-5-7(2)9(8)10;1-2/h4-6H,3H2,1-2H3;1-2H3. The van der Waals surface area contributed by atoms with Gasteiger partial charge in [0.15, 0.2) is 0 Å². The lowest BCUT2D eigenvalue weighted by atomic mass is 10.1. The first-order valence-electron chi connectivity index (χ1n) is 4.49. The molecule has 1 aromatic carbocycles. The molecular weight excluding hydrogens is 151 g/mol. The van der Waals surface area contributed by atoms with Crippen molar-refractivity contribution in [3.8, 4) is 0 Å². The molecule has 1 aromatic rings. The summed E-state index contributed by atoms with van der Waals surface area (Å²) in [7, 11) is 0. The van der Waals surface area contributed by atoms with Crippen LogP contribution in [0, 0.1) is 12.7 Å². The van der Waals surface area contributed by atoms with Crippen molar-refractivity contribution in [2.45, 2.75) is 34.1 Å². The highest BCUT2D eigenvalue weighted by Gasteiger charge is 2.00. The summed E-state index contributed by atoms with van der Waals surface area (Å²) in [6.45, 7) is 7.74. The van der Waals surface area contributed by atoms with Gasteiger partial charge in [0.2, 0.25) is 0 Å². The van der Waals surface area contributed by atoms with Gasteiger partial charge in [-0.1, -0.05) is 39.0 Å². The van der Waals surface area contributed by atoms with E-state index in [9.17, 15) is 4.39 Å². The van der Waals surface area contributed by atoms with Gasteiger partial charge in [0.05, 0.1) is 0 Å². The summed E-state index contributed by atoms with van der Waals surface area (Å²) in [4.78, 5) is 0. The van der Waals surface area contributed by atoms with Gasteiger partial charge in [-0.25, -0.2) is 4.39 Å². The number of rotatable bonds is 1. The van der Waals surface area contributed by atoms with Crippen molar-refractivity contribution in [3.05, 3.63) is 35.1 Å². The molecule has 68 valence electrons. The molecule has 0 saturated carbocycles. The molecule has 0 atom stereocenters. The summed E-state index contributed by atoms with van der Waals surface area (Å²) in [6, 6.07) is 5.49. The van der Waals surface area contributed by atoms with Gasteiger partial charge in [-0.2, -0.15) is 0 Å². The van der Waals surface area contributed by atoms with E-state index in [2.05, 4.69) is 0 Å². The van der Waals surface area contributed by atoms with E-state index in [-0.39, 0.29) is 5.82 Å². The van der Waals surface area contributed by atoms with Crippen LogP contribution in [0.3, 0.4) is 0 Å². The molecule has 0 aromatic heterocycles. The maximum absolute atomic E-state index is 13.0. The molecule has 1 rings (SSSR count).